The number of anilines is 2. The summed E-state index contributed by atoms with van der Waals surface area (Å²) in [5.74, 6) is -1.45. The zero-order valence-electron chi connectivity index (χ0n) is 19.0. The molecule has 174 valence electrons. The van der Waals surface area contributed by atoms with E-state index < -0.39 is 28.7 Å². The fraction of sp³-hybridized carbons (Fsp3) is 0.417. The van der Waals surface area contributed by atoms with Crippen molar-refractivity contribution in [1.82, 2.24) is 15.0 Å². The number of carboxylic acid groups (broad SMARTS) is 1. The number of carboxylic acids is 1. The van der Waals surface area contributed by atoms with E-state index in [4.69, 9.17) is 0 Å². The molecule has 1 saturated carbocycles. The maximum absolute atomic E-state index is 13.5. The third-order valence-electron chi connectivity index (χ3n) is 6.28. The van der Waals surface area contributed by atoms with Crippen LogP contribution in [0.5, 0.6) is 0 Å². The summed E-state index contributed by atoms with van der Waals surface area (Å²) in [5, 5.41) is 24.6. The molecule has 3 N–H and O–H groups in total. The molecule has 33 heavy (non-hydrogen) atoms. The number of rotatable bonds is 5. The Morgan fingerprint density at radius 3 is 2.64 bits per heavy atom. The Bertz CT molecular complexity index is 1210. The molecule has 0 aliphatic heterocycles. The lowest BCUT2D eigenvalue weighted by molar-refractivity contribution is -0.154. The number of aliphatic carboxylic acids is 1. The molecule has 1 aromatic carbocycles. The number of halogens is 1. The maximum Gasteiger partial charge on any atom is 0.307 e. The zero-order valence-corrected chi connectivity index (χ0v) is 19.8. The van der Waals surface area contributed by atoms with Gasteiger partial charge in [0.15, 0.2) is 5.82 Å². The predicted octanol–water partition coefficient (Wildman–Crippen LogP) is 5.20. The molecule has 2 atom stereocenters. The van der Waals surface area contributed by atoms with E-state index in [9.17, 15) is 19.4 Å². The topological polar surface area (TPSA) is 108 Å². The normalized spacial score (nSPS) is 22.2. The lowest BCUT2D eigenvalue weighted by Crippen LogP contribution is -2.44. The number of nitrogens with zero attached hydrogens (tertiary/aromatic N) is 3. The van der Waals surface area contributed by atoms with Crippen LogP contribution >= 0.6 is 11.3 Å². The zero-order chi connectivity index (χ0) is 24.0. The Labute approximate surface area is 195 Å². The van der Waals surface area contributed by atoms with Gasteiger partial charge in [0.25, 0.3) is 0 Å². The van der Waals surface area contributed by atoms with Crippen LogP contribution in [0.1, 0.15) is 49.4 Å². The lowest BCUT2D eigenvalue weighted by atomic mass is 9.63. The second-order valence-electron chi connectivity index (χ2n) is 9.50. The number of aliphatic hydroxyl groups is 1. The van der Waals surface area contributed by atoms with Gasteiger partial charge in [0, 0.05) is 11.9 Å². The van der Waals surface area contributed by atoms with Gasteiger partial charge in [0.2, 0.25) is 5.95 Å². The highest BCUT2D eigenvalue weighted by atomic mass is 32.1. The van der Waals surface area contributed by atoms with E-state index in [1.54, 1.807) is 13.1 Å². The minimum absolute atomic E-state index is 0.265. The third-order valence-corrected chi connectivity index (χ3v) is 7.52. The molecule has 1 aliphatic rings. The number of aryl methyl sites for hydroxylation is 2. The molecule has 7 nitrogen and oxygen atoms in total. The van der Waals surface area contributed by atoms with Crippen LogP contribution in [0.15, 0.2) is 30.6 Å². The number of hydrogen-bond donors (Lipinski definition) is 3. The van der Waals surface area contributed by atoms with Gasteiger partial charge in [-0.15, -0.1) is 11.3 Å². The molecule has 9 heteroatoms. The van der Waals surface area contributed by atoms with Crippen LogP contribution in [-0.2, 0) is 10.4 Å². The average Bonchev–Trinajstić information content (AvgIpc) is 3.20. The van der Waals surface area contributed by atoms with E-state index in [2.05, 4.69) is 20.3 Å². The van der Waals surface area contributed by atoms with Crippen molar-refractivity contribution >= 4 is 28.9 Å². The van der Waals surface area contributed by atoms with Crippen molar-refractivity contribution in [3.8, 4) is 10.4 Å². The lowest BCUT2D eigenvalue weighted by Gasteiger charge is -2.44. The smallest absolute Gasteiger partial charge is 0.307 e. The molecule has 2 unspecified atom stereocenters. The summed E-state index contributed by atoms with van der Waals surface area (Å²) in [7, 11) is 0. The Morgan fingerprint density at radius 2 is 1.97 bits per heavy atom. The Balaban J connectivity index is 1.59. The molecule has 0 amide bonds. The van der Waals surface area contributed by atoms with Gasteiger partial charge >= 0.3 is 5.97 Å². The molecule has 1 fully saturated rings. The van der Waals surface area contributed by atoms with Crippen LogP contribution in [0.25, 0.3) is 10.4 Å². The molecule has 4 rings (SSSR count). The highest BCUT2D eigenvalue weighted by Gasteiger charge is 2.49. The van der Waals surface area contributed by atoms with Gasteiger partial charge in [-0.2, -0.15) is 0 Å². The van der Waals surface area contributed by atoms with Crippen molar-refractivity contribution in [1.29, 1.82) is 0 Å². The van der Waals surface area contributed by atoms with E-state index >= 15 is 0 Å². The van der Waals surface area contributed by atoms with Crippen LogP contribution in [0.2, 0.25) is 0 Å². The molecule has 0 radical (unpaired) electrons. The average molecular weight is 471 g/mol. The summed E-state index contributed by atoms with van der Waals surface area (Å²) in [6.07, 6.45) is 3.99. The molecule has 2 aromatic heterocycles. The first-order valence-corrected chi connectivity index (χ1v) is 11.6. The highest BCUT2D eigenvalue weighted by molar-refractivity contribution is 7.15. The van der Waals surface area contributed by atoms with Gasteiger partial charge in [0.1, 0.15) is 10.6 Å². The van der Waals surface area contributed by atoms with Gasteiger partial charge in [-0.05, 0) is 61.8 Å². The summed E-state index contributed by atoms with van der Waals surface area (Å²) < 4.78 is 13.5. The highest BCUT2D eigenvalue weighted by Crippen LogP contribution is 2.50. The van der Waals surface area contributed by atoms with E-state index in [-0.39, 0.29) is 5.69 Å². The minimum Gasteiger partial charge on any atom is -0.481 e. The van der Waals surface area contributed by atoms with Crippen molar-refractivity contribution < 1.29 is 19.4 Å². The Hall–Kier alpha value is -2.91. The molecule has 3 aromatic rings. The molecular weight excluding hydrogens is 443 g/mol. The summed E-state index contributed by atoms with van der Waals surface area (Å²) in [6.45, 7) is 7.33. The number of aromatic nitrogens is 3. The van der Waals surface area contributed by atoms with Crippen molar-refractivity contribution in [2.24, 2.45) is 11.3 Å². The van der Waals surface area contributed by atoms with Crippen LogP contribution in [-0.4, -0.2) is 31.1 Å². The van der Waals surface area contributed by atoms with Crippen molar-refractivity contribution in [2.75, 3.05) is 5.32 Å². The van der Waals surface area contributed by atoms with Gasteiger partial charge in [0.05, 0.1) is 22.7 Å². The standard InChI is InChI=1S/C24H27FN4O3S/c1-13-7-15(9-16(8-13)29-22-27-10-18(25)14(2)28-22)19-11-26-21(33-19)24(32)6-5-17(20(30)31)23(3,4)12-24/h7-11,17,32H,5-6,12H2,1-4H3,(H,30,31)(H,27,28,29). The fourth-order valence-electron chi connectivity index (χ4n) is 4.64. The Morgan fingerprint density at radius 1 is 1.21 bits per heavy atom. The Kier molecular flexibility index (Phi) is 5.96. The van der Waals surface area contributed by atoms with E-state index in [1.165, 1.54) is 11.3 Å². The quantitative estimate of drug-likeness (QED) is 0.470. The molecular formula is C24H27FN4O3S. The third kappa shape index (κ3) is 4.74. The van der Waals surface area contributed by atoms with Gasteiger partial charge in [-0.25, -0.2) is 19.3 Å². The van der Waals surface area contributed by atoms with Crippen LogP contribution in [0, 0.1) is 31.0 Å². The molecule has 0 saturated heterocycles. The van der Waals surface area contributed by atoms with Crippen LogP contribution in [0.4, 0.5) is 16.0 Å². The summed E-state index contributed by atoms with van der Waals surface area (Å²) in [4.78, 5) is 25.1. The van der Waals surface area contributed by atoms with Crippen molar-refractivity contribution in [3.05, 3.63) is 52.7 Å². The van der Waals surface area contributed by atoms with Crippen LogP contribution < -0.4 is 5.32 Å². The fourth-order valence-corrected chi connectivity index (χ4v) is 5.66. The van der Waals surface area contributed by atoms with Gasteiger partial charge in [-0.1, -0.05) is 19.9 Å². The largest absolute Gasteiger partial charge is 0.481 e. The first kappa shape index (κ1) is 23.3. The van der Waals surface area contributed by atoms with E-state index in [1.807, 2.05) is 39.0 Å². The molecule has 0 bridgehead atoms. The monoisotopic (exact) mass is 470 g/mol. The SMILES string of the molecule is Cc1cc(Nc2ncc(F)c(C)n2)cc(-c2cnc(C3(O)CCC(C(=O)O)C(C)(C)C3)s2)c1. The van der Waals surface area contributed by atoms with E-state index in [0.717, 1.165) is 27.9 Å². The predicted molar refractivity (Wildman–Crippen MR) is 125 cm³/mol. The summed E-state index contributed by atoms with van der Waals surface area (Å²) in [5.41, 5.74) is 1.25. The number of thiazole rings is 1. The minimum atomic E-state index is -1.15. The second kappa shape index (κ2) is 8.46. The van der Waals surface area contributed by atoms with Gasteiger partial charge in [-0.3, -0.25) is 4.79 Å². The molecule has 0 spiro atoms. The molecule has 1 aliphatic carbocycles. The number of nitrogens with one attached hydrogen (secondary N) is 1. The first-order valence-electron chi connectivity index (χ1n) is 10.8. The summed E-state index contributed by atoms with van der Waals surface area (Å²) >= 11 is 1.41. The number of benzene rings is 1. The van der Waals surface area contributed by atoms with Crippen LogP contribution in [0.3, 0.4) is 0 Å². The summed E-state index contributed by atoms with van der Waals surface area (Å²) in [6, 6.07) is 5.90. The van der Waals surface area contributed by atoms with Crippen molar-refractivity contribution in [3.63, 3.8) is 0 Å². The first-order chi connectivity index (χ1) is 15.5. The van der Waals surface area contributed by atoms with Crippen molar-refractivity contribution in [2.45, 2.75) is 52.6 Å². The second-order valence-corrected chi connectivity index (χ2v) is 10.5. The number of hydrogen-bond acceptors (Lipinski definition) is 7. The number of carbonyl (C=O) groups is 1. The van der Waals surface area contributed by atoms with E-state index in [0.29, 0.717) is 30.2 Å². The van der Waals surface area contributed by atoms with Gasteiger partial charge < -0.3 is 15.5 Å². The maximum atomic E-state index is 13.5. The molecule has 2 heterocycles.